The van der Waals surface area contributed by atoms with Crippen LogP contribution >= 0.6 is 0 Å². The lowest BCUT2D eigenvalue weighted by molar-refractivity contribution is 0.216. The zero-order chi connectivity index (χ0) is 16.1. The van der Waals surface area contributed by atoms with Gasteiger partial charge < -0.3 is 15.4 Å². The molecule has 3 rings (SSSR count). The summed E-state index contributed by atoms with van der Waals surface area (Å²) in [5.41, 5.74) is 7.24. The summed E-state index contributed by atoms with van der Waals surface area (Å²) in [4.78, 5) is 5.08. The van der Waals surface area contributed by atoms with Gasteiger partial charge in [0.25, 0.3) is 0 Å². The van der Waals surface area contributed by atoms with E-state index >= 15 is 0 Å². The van der Waals surface area contributed by atoms with Crippen LogP contribution in [-0.4, -0.2) is 50.8 Å². The van der Waals surface area contributed by atoms with Gasteiger partial charge in [-0.05, 0) is 56.7 Å². The van der Waals surface area contributed by atoms with E-state index in [1.807, 2.05) is 6.07 Å². The molecule has 1 heterocycles. The molecule has 0 radical (unpaired) electrons. The Labute approximate surface area is 140 Å². The van der Waals surface area contributed by atoms with E-state index in [4.69, 9.17) is 10.5 Å². The molecule has 1 aliphatic heterocycles. The van der Waals surface area contributed by atoms with Crippen LogP contribution in [0.25, 0.3) is 0 Å². The SMILES string of the molecule is COc1ccccc1N1CCN(CC[C@H]2CC[C@H](N)CC2)CC1. The van der Waals surface area contributed by atoms with Crippen molar-refractivity contribution in [2.75, 3.05) is 44.7 Å². The summed E-state index contributed by atoms with van der Waals surface area (Å²) < 4.78 is 5.50. The number of benzene rings is 1. The molecular formula is C19H31N3O. The Morgan fingerprint density at radius 1 is 1.04 bits per heavy atom. The van der Waals surface area contributed by atoms with Crippen molar-refractivity contribution in [2.24, 2.45) is 11.7 Å². The molecule has 1 aromatic rings. The second-order valence-corrected chi connectivity index (χ2v) is 7.07. The van der Waals surface area contributed by atoms with Crippen LogP contribution in [0.5, 0.6) is 5.75 Å². The number of hydrogen-bond acceptors (Lipinski definition) is 4. The van der Waals surface area contributed by atoms with Gasteiger partial charge in [-0.3, -0.25) is 4.90 Å². The Bertz CT molecular complexity index is 477. The van der Waals surface area contributed by atoms with Crippen LogP contribution in [0.3, 0.4) is 0 Å². The van der Waals surface area contributed by atoms with Gasteiger partial charge in [-0.25, -0.2) is 0 Å². The molecule has 128 valence electrons. The fourth-order valence-corrected chi connectivity index (χ4v) is 3.95. The molecule has 0 bridgehead atoms. The first-order valence-corrected chi connectivity index (χ1v) is 9.12. The summed E-state index contributed by atoms with van der Waals surface area (Å²) in [6.45, 7) is 5.75. The van der Waals surface area contributed by atoms with E-state index < -0.39 is 0 Å². The molecule has 1 saturated heterocycles. The molecule has 2 fully saturated rings. The number of para-hydroxylation sites is 2. The molecule has 23 heavy (non-hydrogen) atoms. The molecule has 0 unspecified atom stereocenters. The van der Waals surface area contributed by atoms with Crippen LogP contribution < -0.4 is 15.4 Å². The second kappa shape index (κ2) is 8.02. The third kappa shape index (κ3) is 4.39. The van der Waals surface area contributed by atoms with Gasteiger partial charge in [0.2, 0.25) is 0 Å². The molecule has 1 aliphatic carbocycles. The molecule has 2 aliphatic rings. The van der Waals surface area contributed by atoms with Crippen LogP contribution in [0.2, 0.25) is 0 Å². The Morgan fingerprint density at radius 2 is 1.74 bits per heavy atom. The summed E-state index contributed by atoms with van der Waals surface area (Å²) in [7, 11) is 1.76. The van der Waals surface area contributed by atoms with Crippen LogP contribution in [-0.2, 0) is 0 Å². The Hall–Kier alpha value is -1.26. The number of ether oxygens (including phenoxy) is 1. The highest BCUT2D eigenvalue weighted by Gasteiger charge is 2.22. The van der Waals surface area contributed by atoms with Crippen molar-refractivity contribution in [3.05, 3.63) is 24.3 Å². The van der Waals surface area contributed by atoms with E-state index in [9.17, 15) is 0 Å². The predicted molar refractivity (Wildman–Crippen MR) is 96.2 cm³/mol. The van der Waals surface area contributed by atoms with E-state index in [0.717, 1.165) is 37.8 Å². The Kier molecular flexibility index (Phi) is 5.79. The van der Waals surface area contributed by atoms with Crippen molar-refractivity contribution in [3.8, 4) is 5.75 Å². The lowest BCUT2D eigenvalue weighted by Gasteiger charge is -2.37. The maximum absolute atomic E-state index is 6.00. The number of anilines is 1. The zero-order valence-electron chi connectivity index (χ0n) is 14.4. The summed E-state index contributed by atoms with van der Waals surface area (Å²) in [5, 5.41) is 0. The summed E-state index contributed by atoms with van der Waals surface area (Å²) in [6, 6.07) is 8.82. The lowest BCUT2D eigenvalue weighted by atomic mass is 9.84. The molecule has 4 nitrogen and oxygen atoms in total. The first-order chi connectivity index (χ1) is 11.3. The number of nitrogens with two attached hydrogens (primary N) is 1. The van der Waals surface area contributed by atoms with E-state index in [1.165, 1.54) is 44.3 Å². The molecule has 1 aromatic carbocycles. The molecule has 1 saturated carbocycles. The molecule has 2 N–H and O–H groups in total. The fourth-order valence-electron chi connectivity index (χ4n) is 3.95. The highest BCUT2D eigenvalue weighted by molar-refractivity contribution is 5.58. The van der Waals surface area contributed by atoms with Gasteiger partial charge in [-0.15, -0.1) is 0 Å². The topological polar surface area (TPSA) is 41.7 Å². The zero-order valence-corrected chi connectivity index (χ0v) is 14.4. The van der Waals surface area contributed by atoms with Gasteiger partial charge in [0.1, 0.15) is 5.75 Å². The van der Waals surface area contributed by atoms with Crippen molar-refractivity contribution in [2.45, 2.75) is 38.1 Å². The monoisotopic (exact) mass is 317 g/mol. The van der Waals surface area contributed by atoms with Gasteiger partial charge in [0, 0.05) is 32.2 Å². The molecule has 0 amide bonds. The van der Waals surface area contributed by atoms with E-state index in [1.54, 1.807) is 7.11 Å². The quantitative estimate of drug-likeness (QED) is 0.907. The summed E-state index contributed by atoms with van der Waals surface area (Å²) >= 11 is 0. The largest absolute Gasteiger partial charge is 0.495 e. The van der Waals surface area contributed by atoms with Crippen molar-refractivity contribution >= 4 is 5.69 Å². The maximum Gasteiger partial charge on any atom is 0.142 e. The predicted octanol–water partition coefficient (Wildman–Crippen LogP) is 2.72. The van der Waals surface area contributed by atoms with E-state index in [0.29, 0.717) is 6.04 Å². The van der Waals surface area contributed by atoms with Crippen molar-refractivity contribution in [1.29, 1.82) is 0 Å². The highest BCUT2D eigenvalue weighted by atomic mass is 16.5. The first-order valence-electron chi connectivity index (χ1n) is 9.12. The Morgan fingerprint density at radius 3 is 2.43 bits per heavy atom. The first kappa shape index (κ1) is 16.6. The number of nitrogens with zero attached hydrogens (tertiary/aromatic N) is 2. The average Bonchev–Trinajstić information content (AvgIpc) is 2.62. The summed E-state index contributed by atoms with van der Waals surface area (Å²) in [6.07, 6.45) is 6.48. The third-order valence-electron chi connectivity index (χ3n) is 5.54. The van der Waals surface area contributed by atoms with Crippen molar-refractivity contribution < 1.29 is 4.74 Å². The fraction of sp³-hybridized carbons (Fsp3) is 0.684. The van der Waals surface area contributed by atoms with Gasteiger partial charge in [0.15, 0.2) is 0 Å². The van der Waals surface area contributed by atoms with E-state index in [2.05, 4.69) is 28.0 Å². The number of piperazine rings is 1. The molecule has 4 heteroatoms. The minimum atomic E-state index is 0.468. The number of methoxy groups -OCH3 is 1. The second-order valence-electron chi connectivity index (χ2n) is 7.07. The van der Waals surface area contributed by atoms with Crippen LogP contribution in [0.4, 0.5) is 5.69 Å². The normalized spacial score (nSPS) is 26.3. The maximum atomic E-state index is 6.00. The minimum absolute atomic E-state index is 0.468. The smallest absolute Gasteiger partial charge is 0.142 e. The van der Waals surface area contributed by atoms with Gasteiger partial charge in [0.05, 0.1) is 12.8 Å². The average molecular weight is 317 g/mol. The van der Waals surface area contributed by atoms with Crippen LogP contribution in [0.15, 0.2) is 24.3 Å². The van der Waals surface area contributed by atoms with Gasteiger partial charge in [-0.2, -0.15) is 0 Å². The standard InChI is InChI=1S/C19H31N3O/c1-23-19-5-3-2-4-18(19)22-14-12-21(13-15-22)11-10-16-6-8-17(20)9-7-16/h2-5,16-17H,6-15,20H2,1H3/t16-,17-. The third-order valence-corrected chi connectivity index (χ3v) is 5.54. The number of rotatable bonds is 5. The highest BCUT2D eigenvalue weighted by Crippen LogP contribution is 2.29. The minimum Gasteiger partial charge on any atom is -0.495 e. The molecule has 0 spiro atoms. The van der Waals surface area contributed by atoms with Crippen LogP contribution in [0.1, 0.15) is 32.1 Å². The van der Waals surface area contributed by atoms with Crippen molar-refractivity contribution in [1.82, 2.24) is 4.90 Å². The number of hydrogen-bond donors (Lipinski definition) is 1. The van der Waals surface area contributed by atoms with Gasteiger partial charge >= 0.3 is 0 Å². The molecule has 0 aromatic heterocycles. The lowest BCUT2D eigenvalue weighted by Crippen LogP contribution is -2.47. The van der Waals surface area contributed by atoms with Crippen LogP contribution in [0, 0.1) is 5.92 Å². The molecular weight excluding hydrogens is 286 g/mol. The Balaban J connectivity index is 1.43. The molecule has 0 atom stereocenters. The van der Waals surface area contributed by atoms with Crippen molar-refractivity contribution in [3.63, 3.8) is 0 Å². The summed E-state index contributed by atoms with van der Waals surface area (Å²) in [5.74, 6) is 1.89. The van der Waals surface area contributed by atoms with E-state index in [-0.39, 0.29) is 0 Å². The van der Waals surface area contributed by atoms with Gasteiger partial charge in [-0.1, -0.05) is 12.1 Å².